The molecule has 2 aromatic heterocycles. The van der Waals surface area contributed by atoms with Gasteiger partial charge in [0.2, 0.25) is 0 Å². The lowest BCUT2D eigenvalue weighted by atomic mass is 10.1. The molecule has 5 nitrogen and oxygen atoms in total. The number of pyridine rings is 1. The van der Waals surface area contributed by atoms with Crippen molar-refractivity contribution in [3.63, 3.8) is 0 Å². The lowest BCUT2D eigenvalue weighted by molar-refractivity contribution is 0.0950. The van der Waals surface area contributed by atoms with Crippen molar-refractivity contribution in [1.82, 2.24) is 20.3 Å². The van der Waals surface area contributed by atoms with E-state index in [9.17, 15) is 9.18 Å². The molecule has 0 fully saturated rings. The van der Waals surface area contributed by atoms with Crippen molar-refractivity contribution in [3.05, 3.63) is 78.3 Å². The highest BCUT2D eigenvalue weighted by molar-refractivity contribution is 5.94. The first kappa shape index (κ1) is 14.8. The van der Waals surface area contributed by atoms with Crippen LogP contribution in [-0.2, 0) is 6.54 Å². The van der Waals surface area contributed by atoms with Gasteiger partial charge in [0.05, 0.1) is 11.3 Å². The van der Waals surface area contributed by atoms with Gasteiger partial charge in [0.1, 0.15) is 12.1 Å². The number of nitrogens with zero attached hydrogens (tertiary/aromatic N) is 3. The van der Waals surface area contributed by atoms with Crippen LogP contribution in [0.3, 0.4) is 0 Å². The Labute approximate surface area is 132 Å². The second kappa shape index (κ2) is 6.74. The first-order chi connectivity index (χ1) is 11.2. The molecule has 0 bridgehead atoms. The maximum Gasteiger partial charge on any atom is 0.253 e. The number of rotatable bonds is 4. The Morgan fingerprint density at radius 3 is 2.52 bits per heavy atom. The number of carbonyl (C=O) groups is 1. The summed E-state index contributed by atoms with van der Waals surface area (Å²) >= 11 is 0. The molecule has 0 aliphatic heterocycles. The predicted octanol–water partition coefficient (Wildman–Crippen LogP) is 2.61. The number of amides is 1. The molecule has 0 aliphatic carbocycles. The van der Waals surface area contributed by atoms with Gasteiger partial charge < -0.3 is 5.32 Å². The summed E-state index contributed by atoms with van der Waals surface area (Å²) < 4.78 is 13.5. The van der Waals surface area contributed by atoms with Gasteiger partial charge in [0, 0.05) is 36.3 Å². The van der Waals surface area contributed by atoms with Crippen LogP contribution in [0.15, 0.2) is 61.3 Å². The van der Waals surface area contributed by atoms with Crippen LogP contribution in [0.2, 0.25) is 0 Å². The van der Waals surface area contributed by atoms with E-state index in [0.29, 0.717) is 16.8 Å². The van der Waals surface area contributed by atoms with Crippen LogP contribution in [0, 0.1) is 5.82 Å². The zero-order chi connectivity index (χ0) is 16.1. The Bertz CT molecular complexity index is 806. The Hall–Kier alpha value is -3.15. The Kier molecular flexibility index (Phi) is 4.33. The number of carbonyl (C=O) groups excluding carboxylic acids is 1. The van der Waals surface area contributed by atoms with Crippen molar-refractivity contribution in [2.45, 2.75) is 6.54 Å². The number of hydrogen-bond acceptors (Lipinski definition) is 4. The van der Waals surface area contributed by atoms with Crippen molar-refractivity contribution in [2.24, 2.45) is 0 Å². The predicted molar refractivity (Wildman–Crippen MR) is 82.8 cm³/mol. The van der Waals surface area contributed by atoms with Gasteiger partial charge >= 0.3 is 0 Å². The molecular formula is C17H13FN4O. The number of nitrogens with one attached hydrogen (secondary N) is 1. The summed E-state index contributed by atoms with van der Waals surface area (Å²) in [5.74, 6) is -0.651. The van der Waals surface area contributed by atoms with Crippen LogP contribution >= 0.6 is 0 Å². The third-order valence-electron chi connectivity index (χ3n) is 3.28. The second-order valence-corrected chi connectivity index (χ2v) is 4.83. The van der Waals surface area contributed by atoms with E-state index >= 15 is 0 Å². The fourth-order valence-electron chi connectivity index (χ4n) is 2.05. The molecule has 2 heterocycles. The first-order valence-electron chi connectivity index (χ1n) is 6.97. The van der Waals surface area contributed by atoms with Crippen LogP contribution in [0.25, 0.3) is 11.3 Å². The molecule has 3 aromatic rings. The lowest BCUT2D eigenvalue weighted by Gasteiger charge is -2.07. The van der Waals surface area contributed by atoms with Gasteiger partial charge in [-0.05, 0) is 18.2 Å². The van der Waals surface area contributed by atoms with Gasteiger partial charge in [-0.1, -0.05) is 18.2 Å². The van der Waals surface area contributed by atoms with E-state index in [-0.39, 0.29) is 18.3 Å². The van der Waals surface area contributed by atoms with Gasteiger partial charge in [-0.25, -0.2) is 14.4 Å². The maximum absolute atomic E-state index is 13.5. The highest BCUT2D eigenvalue weighted by Crippen LogP contribution is 2.14. The van der Waals surface area contributed by atoms with Crippen molar-refractivity contribution >= 4 is 5.91 Å². The molecule has 0 atom stereocenters. The molecule has 0 aliphatic rings. The highest BCUT2D eigenvalue weighted by Gasteiger charge is 2.08. The lowest BCUT2D eigenvalue weighted by Crippen LogP contribution is -2.23. The largest absolute Gasteiger partial charge is 0.348 e. The van der Waals surface area contributed by atoms with Gasteiger partial charge in [0.15, 0.2) is 0 Å². The summed E-state index contributed by atoms with van der Waals surface area (Å²) in [7, 11) is 0. The second-order valence-electron chi connectivity index (χ2n) is 4.83. The average molecular weight is 308 g/mol. The summed E-state index contributed by atoms with van der Waals surface area (Å²) in [5.41, 5.74) is 2.29. The number of benzene rings is 1. The van der Waals surface area contributed by atoms with Gasteiger partial charge in [-0.15, -0.1) is 0 Å². The molecule has 1 aromatic carbocycles. The number of hydrogen-bond donors (Lipinski definition) is 1. The molecule has 0 unspecified atom stereocenters. The number of aromatic nitrogens is 3. The molecule has 114 valence electrons. The third kappa shape index (κ3) is 3.55. The normalized spacial score (nSPS) is 10.3. The van der Waals surface area contributed by atoms with Gasteiger partial charge in [0.25, 0.3) is 5.91 Å². The minimum atomic E-state index is -0.342. The van der Waals surface area contributed by atoms with Crippen LogP contribution in [0.1, 0.15) is 15.9 Å². The summed E-state index contributed by atoms with van der Waals surface area (Å²) in [4.78, 5) is 24.2. The Morgan fingerprint density at radius 1 is 1.04 bits per heavy atom. The molecule has 1 N–H and O–H groups in total. The molecule has 0 saturated heterocycles. The molecule has 23 heavy (non-hydrogen) atoms. The zero-order valence-corrected chi connectivity index (χ0v) is 12.1. The summed E-state index contributed by atoms with van der Waals surface area (Å²) in [6, 6.07) is 9.70. The van der Waals surface area contributed by atoms with E-state index in [1.54, 1.807) is 42.7 Å². The molecule has 6 heteroatoms. The fraction of sp³-hybridized carbons (Fsp3) is 0.0588. The minimum absolute atomic E-state index is 0.125. The van der Waals surface area contributed by atoms with E-state index < -0.39 is 0 Å². The summed E-state index contributed by atoms with van der Waals surface area (Å²) in [5, 5.41) is 2.67. The Morgan fingerprint density at radius 2 is 1.83 bits per heavy atom. The quantitative estimate of drug-likeness (QED) is 0.804. The molecule has 1 amide bonds. The fourth-order valence-corrected chi connectivity index (χ4v) is 2.05. The standard InChI is InChI=1S/C17H13FN4O/c18-15-4-2-1-3-12(15)9-22-17(23)13-5-6-16(21-10-13)14-7-19-11-20-8-14/h1-8,10-11H,9H2,(H,22,23). The van der Waals surface area contributed by atoms with Crippen molar-refractivity contribution in [1.29, 1.82) is 0 Å². The van der Waals surface area contributed by atoms with Crippen LogP contribution in [0.4, 0.5) is 4.39 Å². The SMILES string of the molecule is O=C(NCc1ccccc1F)c1ccc(-c2cncnc2)nc1. The van der Waals surface area contributed by atoms with Crippen molar-refractivity contribution in [3.8, 4) is 11.3 Å². The van der Waals surface area contributed by atoms with E-state index in [2.05, 4.69) is 20.3 Å². The molecular weight excluding hydrogens is 295 g/mol. The maximum atomic E-state index is 13.5. The molecule has 3 rings (SSSR count). The molecule has 0 radical (unpaired) electrons. The Balaban J connectivity index is 1.67. The smallest absolute Gasteiger partial charge is 0.253 e. The van der Waals surface area contributed by atoms with Crippen molar-refractivity contribution < 1.29 is 9.18 Å². The van der Waals surface area contributed by atoms with Gasteiger partial charge in [-0.3, -0.25) is 9.78 Å². The average Bonchev–Trinajstić information content (AvgIpc) is 2.62. The molecule has 0 saturated carbocycles. The minimum Gasteiger partial charge on any atom is -0.348 e. The van der Waals surface area contributed by atoms with E-state index in [1.807, 2.05) is 0 Å². The van der Waals surface area contributed by atoms with E-state index in [4.69, 9.17) is 0 Å². The highest BCUT2D eigenvalue weighted by atomic mass is 19.1. The van der Waals surface area contributed by atoms with Crippen LogP contribution in [0.5, 0.6) is 0 Å². The first-order valence-corrected chi connectivity index (χ1v) is 6.97. The van der Waals surface area contributed by atoms with Gasteiger partial charge in [-0.2, -0.15) is 0 Å². The van der Waals surface area contributed by atoms with Crippen molar-refractivity contribution in [2.75, 3.05) is 0 Å². The molecule has 0 spiro atoms. The summed E-state index contributed by atoms with van der Waals surface area (Å²) in [6.07, 6.45) is 6.20. The van der Waals surface area contributed by atoms with Crippen LogP contribution in [-0.4, -0.2) is 20.9 Å². The topological polar surface area (TPSA) is 67.8 Å². The van der Waals surface area contributed by atoms with E-state index in [0.717, 1.165) is 5.56 Å². The monoisotopic (exact) mass is 308 g/mol. The summed E-state index contributed by atoms with van der Waals surface area (Å²) in [6.45, 7) is 0.125. The zero-order valence-electron chi connectivity index (χ0n) is 12.1. The number of halogens is 1. The third-order valence-corrected chi connectivity index (χ3v) is 3.28. The van der Waals surface area contributed by atoms with E-state index in [1.165, 1.54) is 18.6 Å². The van der Waals surface area contributed by atoms with Crippen LogP contribution < -0.4 is 5.32 Å².